The molecular formula is C21H15N3O5. The molecule has 0 spiro atoms. The average Bonchev–Trinajstić information content (AvgIpc) is 3.09. The minimum atomic E-state index is -0.775. The van der Waals surface area contributed by atoms with Crippen molar-refractivity contribution in [3.8, 4) is 0 Å². The molecule has 0 amide bonds. The van der Waals surface area contributed by atoms with E-state index in [1.807, 2.05) is 0 Å². The number of benzene rings is 2. The van der Waals surface area contributed by atoms with Crippen molar-refractivity contribution in [3.63, 3.8) is 0 Å². The normalized spacial score (nSPS) is 18.1. The van der Waals surface area contributed by atoms with Crippen LogP contribution in [0.5, 0.6) is 0 Å². The van der Waals surface area contributed by atoms with Crippen LogP contribution < -0.4 is 11.1 Å². The quantitative estimate of drug-likeness (QED) is 0.495. The van der Waals surface area contributed by atoms with Gasteiger partial charge in [0.05, 0.1) is 21.4 Å². The summed E-state index contributed by atoms with van der Waals surface area (Å²) in [7, 11) is 0. The van der Waals surface area contributed by atoms with Crippen LogP contribution in [0.25, 0.3) is 16.5 Å². The summed E-state index contributed by atoms with van der Waals surface area (Å²) in [5.74, 6) is -0.103. The highest BCUT2D eigenvalue weighted by Gasteiger charge is 2.40. The summed E-state index contributed by atoms with van der Waals surface area (Å²) in [5.41, 5.74) is 0.746. The van der Waals surface area contributed by atoms with Gasteiger partial charge in [-0.15, -0.1) is 0 Å². The van der Waals surface area contributed by atoms with E-state index in [4.69, 9.17) is 0 Å². The summed E-state index contributed by atoms with van der Waals surface area (Å²) in [4.78, 5) is 49.9. The molecule has 2 heterocycles. The molecule has 5 rings (SSSR count). The van der Waals surface area contributed by atoms with E-state index in [-0.39, 0.29) is 28.0 Å². The number of carbonyl (C=O) groups excluding carboxylic acids is 1. The third-order valence-electron chi connectivity index (χ3n) is 5.63. The van der Waals surface area contributed by atoms with E-state index in [0.29, 0.717) is 41.5 Å². The monoisotopic (exact) mass is 389 g/mol. The molecule has 1 atom stereocenters. The van der Waals surface area contributed by atoms with Crippen molar-refractivity contribution in [2.75, 3.05) is 0 Å². The van der Waals surface area contributed by atoms with Gasteiger partial charge in [0.2, 0.25) is 0 Å². The summed E-state index contributed by atoms with van der Waals surface area (Å²) in [6, 6.07) is 11.6. The third kappa shape index (κ3) is 2.35. The second-order valence-corrected chi connectivity index (χ2v) is 7.20. The molecule has 1 aliphatic heterocycles. The van der Waals surface area contributed by atoms with Crippen LogP contribution in [0.1, 0.15) is 30.9 Å². The molecule has 0 radical (unpaired) electrons. The molecule has 1 aliphatic carbocycles. The highest BCUT2D eigenvalue weighted by Crippen LogP contribution is 2.41. The predicted octanol–water partition coefficient (Wildman–Crippen LogP) is 2.64. The molecule has 8 nitrogen and oxygen atoms in total. The zero-order valence-corrected chi connectivity index (χ0v) is 15.2. The van der Waals surface area contributed by atoms with Gasteiger partial charge < -0.3 is 0 Å². The van der Waals surface area contributed by atoms with Gasteiger partial charge in [0.1, 0.15) is 6.04 Å². The molecule has 3 aromatic rings. The first-order valence-corrected chi connectivity index (χ1v) is 9.26. The van der Waals surface area contributed by atoms with Crippen molar-refractivity contribution >= 4 is 27.9 Å². The molecule has 0 saturated heterocycles. The Hall–Kier alpha value is -3.81. The van der Waals surface area contributed by atoms with E-state index < -0.39 is 11.0 Å². The van der Waals surface area contributed by atoms with E-state index in [0.717, 1.165) is 0 Å². The van der Waals surface area contributed by atoms with Crippen molar-refractivity contribution in [2.45, 2.75) is 25.3 Å². The van der Waals surface area contributed by atoms with Crippen LogP contribution in [-0.2, 0) is 4.79 Å². The number of non-ortho nitro benzene ring substituents is 1. The van der Waals surface area contributed by atoms with Crippen molar-refractivity contribution in [1.29, 1.82) is 0 Å². The van der Waals surface area contributed by atoms with Gasteiger partial charge in [-0.3, -0.25) is 24.5 Å². The van der Waals surface area contributed by atoms with Crippen LogP contribution in [0.3, 0.4) is 0 Å². The summed E-state index contributed by atoms with van der Waals surface area (Å²) in [6.07, 6.45) is 1.47. The standard InChI is InChI=1S/C21H15N3O5/c25-17-7-3-6-16-18(17)19(12-8-10-13(11-9-12)24(28)29)23-21(27)15-5-2-1-4-14(15)20(26)22(16)23/h1-2,4-5,8-11,19H,3,6-7H2. The van der Waals surface area contributed by atoms with E-state index in [1.54, 1.807) is 24.3 Å². The van der Waals surface area contributed by atoms with Crippen molar-refractivity contribution in [1.82, 2.24) is 9.36 Å². The topological polar surface area (TPSA) is 104 Å². The maximum absolute atomic E-state index is 13.3. The Kier molecular flexibility index (Phi) is 3.64. The highest BCUT2D eigenvalue weighted by atomic mass is 16.6. The Morgan fingerprint density at radius 1 is 0.897 bits per heavy atom. The van der Waals surface area contributed by atoms with Crippen molar-refractivity contribution in [2.24, 2.45) is 0 Å². The van der Waals surface area contributed by atoms with E-state index in [9.17, 15) is 24.5 Å². The molecule has 0 fully saturated rings. The second-order valence-electron chi connectivity index (χ2n) is 7.20. The lowest BCUT2D eigenvalue weighted by molar-refractivity contribution is -0.384. The van der Waals surface area contributed by atoms with E-state index >= 15 is 0 Å². The van der Waals surface area contributed by atoms with Crippen molar-refractivity contribution < 1.29 is 9.72 Å². The molecule has 8 heteroatoms. The Bertz CT molecular complexity index is 1360. The summed E-state index contributed by atoms with van der Waals surface area (Å²) in [6.45, 7) is 0. The van der Waals surface area contributed by atoms with Gasteiger partial charge in [-0.1, -0.05) is 12.1 Å². The average molecular weight is 389 g/mol. The first kappa shape index (κ1) is 17.3. The Morgan fingerprint density at radius 2 is 1.55 bits per heavy atom. The molecule has 2 aliphatic rings. The van der Waals surface area contributed by atoms with Crippen LogP contribution >= 0.6 is 0 Å². The Labute approximate surface area is 163 Å². The SMILES string of the molecule is O=C1CCCC2=C1C(c1ccc([N+](=O)[O-])cc1)n1c(=O)c3ccccc3c(=O)n12. The number of carbonyl (C=O) groups is 1. The fourth-order valence-corrected chi connectivity index (χ4v) is 4.35. The lowest BCUT2D eigenvalue weighted by atomic mass is 9.88. The Balaban J connectivity index is 1.86. The molecule has 144 valence electrons. The number of nitro groups is 1. The highest BCUT2D eigenvalue weighted by molar-refractivity contribution is 6.04. The molecule has 1 unspecified atom stereocenters. The maximum Gasteiger partial charge on any atom is 0.277 e. The number of aromatic nitrogens is 2. The van der Waals surface area contributed by atoms with Gasteiger partial charge in [-0.05, 0) is 42.7 Å². The zero-order chi connectivity index (χ0) is 20.3. The summed E-state index contributed by atoms with van der Waals surface area (Å²) < 4.78 is 2.67. The third-order valence-corrected chi connectivity index (χ3v) is 5.63. The maximum atomic E-state index is 13.3. The number of hydrogen-bond acceptors (Lipinski definition) is 5. The van der Waals surface area contributed by atoms with Crippen LogP contribution in [0.15, 0.2) is 63.7 Å². The molecule has 0 saturated carbocycles. The van der Waals surface area contributed by atoms with Gasteiger partial charge >= 0.3 is 0 Å². The number of rotatable bonds is 2. The summed E-state index contributed by atoms with van der Waals surface area (Å²) >= 11 is 0. The number of Topliss-reactive ketones (excluding diaryl/α,β-unsaturated/α-hetero) is 1. The van der Waals surface area contributed by atoms with Crippen LogP contribution in [0.4, 0.5) is 5.69 Å². The Morgan fingerprint density at radius 3 is 2.21 bits per heavy atom. The molecular weight excluding hydrogens is 374 g/mol. The molecule has 2 aromatic carbocycles. The van der Waals surface area contributed by atoms with Crippen molar-refractivity contribution in [3.05, 3.63) is 90.5 Å². The number of nitrogens with zero attached hydrogens (tertiary/aromatic N) is 3. The van der Waals surface area contributed by atoms with Crippen LogP contribution in [0, 0.1) is 10.1 Å². The second kappa shape index (κ2) is 6.10. The van der Waals surface area contributed by atoms with E-state index in [1.165, 1.54) is 33.6 Å². The fourth-order valence-electron chi connectivity index (χ4n) is 4.35. The van der Waals surface area contributed by atoms with E-state index in [2.05, 4.69) is 0 Å². The fraction of sp³-hybridized carbons (Fsp3) is 0.190. The van der Waals surface area contributed by atoms with Gasteiger partial charge in [-0.2, -0.15) is 0 Å². The lowest BCUT2D eigenvalue weighted by Gasteiger charge is -2.18. The number of allylic oxidation sites excluding steroid dienone is 2. The zero-order valence-electron chi connectivity index (χ0n) is 15.2. The molecule has 1 aromatic heterocycles. The van der Waals surface area contributed by atoms with Gasteiger partial charge in [0.25, 0.3) is 16.8 Å². The number of ketones is 1. The van der Waals surface area contributed by atoms with Gasteiger partial charge in [0, 0.05) is 24.1 Å². The minimum absolute atomic E-state index is 0.0841. The number of nitro benzene ring substituents is 1. The molecule has 0 N–H and O–H groups in total. The van der Waals surface area contributed by atoms with Crippen LogP contribution in [-0.4, -0.2) is 20.1 Å². The van der Waals surface area contributed by atoms with Gasteiger partial charge in [-0.25, -0.2) is 9.36 Å². The first-order valence-electron chi connectivity index (χ1n) is 9.26. The predicted molar refractivity (Wildman–Crippen MR) is 106 cm³/mol. The molecule has 0 bridgehead atoms. The minimum Gasteiger partial charge on any atom is -0.294 e. The molecule has 29 heavy (non-hydrogen) atoms. The first-order chi connectivity index (χ1) is 14.0. The lowest BCUT2D eigenvalue weighted by Crippen LogP contribution is -2.37. The van der Waals surface area contributed by atoms with Crippen LogP contribution in [0.2, 0.25) is 0 Å². The summed E-state index contributed by atoms with van der Waals surface area (Å²) in [5, 5.41) is 11.6. The largest absolute Gasteiger partial charge is 0.294 e. The number of hydrogen-bond donors (Lipinski definition) is 0. The number of fused-ring (bicyclic) bond motifs is 3. The van der Waals surface area contributed by atoms with Gasteiger partial charge in [0.15, 0.2) is 5.78 Å². The smallest absolute Gasteiger partial charge is 0.277 e.